The van der Waals surface area contributed by atoms with E-state index in [1.165, 1.54) is 17.6 Å². The van der Waals surface area contributed by atoms with Crippen LogP contribution in [0.2, 0.25) is 0 Å². The number of hydrogen-bond acceptors (Lipinski definition) is 4. The number of ether oxygens (including phenoxy) is 1. The molecular weight excluding hydrogens is 310 g/mol. The summed E-state index contributed by atoms with van der Waals surface area (Å²) >= 11 is 1.70. The topological polar surface area (TPSA) is 55.4 Å². The van der Waals surface area contributed by atoms with Crippen molar-refractivity contribution in [2.24, 2.45) is 0 Å². The van der Waals surface area contributed by atoms with E-state index in [4.69, 9.17) is 0 Å². The van der Waals surface area contributed by atoms with Crippen LogP contribution in [-0.4, -0.2) is 31.3 Å². The number of aryl methyl sites for hydroxylation is 1. The molecule has 0 aliphatic carbocycles. The van der Waals surface area contributed by atoms with Crippen LogP contribution >= 0.6 is 11.8 Å². The van der Waals surface area contributed by atoms with E-state index in [9.17, 15) is 9.59 Å². The Labute approximate surface area is 140 Å². The van der Waals surface area contributed by atoms with Crippen molar-refractivity contribution in [2.45, 2.75) is 11.8 Å². The number of carbonyl (C=O) groups is 2. The molecule has 5 heteroatoms. The van der Waals surface area contributed by atoms with Gasteiger partial charge < -0.3 is 10.1 Å². The maximum Gasteiger partial charge on any atom is 0.337 e. The van der Waals surface area contributed by atoms with E-state index in [1.807, 2.05) is 0 Å². The lowest BCUT2D eigenvalue weighted by molar-refractivity contribution is 0.0600. The summed E-state index contributed by atoms with van der Waals surface area (Å²) in [7, 11) is 1.33. The van der Waals surface area contributed by atoms with Crippen LogP contribution in [0.5, 0.6) is 0 Å². The second kappa shape index (κ2) is 8.39. The minimum atomic E-state index is -0.411. The van der Waals surface area contributed by atoms with E-state index in [2.05, 4.69) is 41.2 Å². The third-order valence-corrected chi connectivity index (χ3v) is 4.26. The highest BCUT2D eigenvalue weighted by atomic mass is 32.2. The number of methoxy groups -OCH3 is 1. The summed E-state index contributed by atoms with van der Waals surface area (Å²) in [4.78, 5) is 24.5. The monoisotopic (exact) mass is 329 g/mol. The lowest BCUT2D eigenvalue weighted by Crippen LogP contribution is -2.25. The number of esters is 1. The fraction of sp³-hybridized carbons (Fsp3) is 0.222. The van der Waals surface area contributed by atoms with Crippen molar-refractivity contribution < 1.29 is 14.3 Å². The van der Waals surface area contributed by atoms with E-state index < -0.39 is 5.97 Å². The first kappa shape index (κ1) is 17.1. The zero-order valence-corrected chi connectivity index (χ0v) is 14.0. The largest absolute Gasteiger partial charge is 0.465 e. The Morgan fingerprint density at radius 3 is 2.22 bits per heavy atom. The number of rotatable bonds is 6. The lowest BCUT2D eigenvalue weighted by Gasteiger charge is -2.06. The van der Waals surface area contributed by atoms with Crippen molar-refractivity contribution in [3.8, 4) is 0 Å². The number of amides is 1. The average Bonchev–Trinajstić information content (AvgIpc) is 2.59. The summed E-state index contributed by atoms with van der Waals surface area (Å²) in [5.74, 6) is 0.243. The predicted octanol–water partition coefficient (Wildman–Crippen LogP) is 3.30. The first-order valence-electron chi connectivity index (χ1n) is 7.26. The van der Waals surface area contributed by atoms with Gasteiger partial charge >= 0.3 is 5.97 Å². The summed E-state index contributed by atoms with van der Waals surface area (Å²) in [5.41, 5.74) is 2.19. The molecule has 0 aliphatic rings. The van der Waals surface area contributed by atoms with E-state index in [0.29, 0.717) is 17.7 Å². The summed E-state index contributed by atoms with van der Waals surface area (Å²) < 4.78 is 4.62. The molecule has 4 nitrogen and oxygen atoms in total. The van der Waals surface area contributed by atoms with Crippen molar-refractivity contribution >= 4 is 23.6 Å². The van der Waals surface area contributed by atoms with Crippen LogP contribution < -0.4 is 5.32 Å². The SMILES string of the molecule is COC(=O)c1ccc(C(=O)NCCSc2ccc(C)cc2)cc1. The van der Waals surface area contributed by atoms with Crippen LogP contribution in [0.3, 0.4) is 0 Å². The molecule has 2 aromatic rings. The van der Waals surface area contributed by atoms with Crippen molar-refractivity contribution in [1.82, 2.24) is 5.32 Å². The van der Waals surface area contributed by atoms with Crippen LogP contribution in [0.4, 0.5) is 0 Å². The zero-order valence-electron chi connectivity index (χ0n) is 13.2. The maximum atomic E-state index is 12.0. The first-order valence-corrected chi connectivity index (χ1v) is 8.25. The number of hydrogen-bond donors (Lipinski definition) is 1. The van der Waals surface area contributed by atoms with Gasteiger partial charge in [0.25, 0.3) is 5.91 Å². The molecular formula is C18H19NO3S. The summed E-state index contributed by atoms with van der Waals surface area (Å²) in [6.07, 6.45) is 0. The normalized spacial score (nSPS) is 10.2. The molecule has 0 saturated carbocycles. The third kappa shape index (κ3) is 5.14. The van der Waals surface area contributed by atoms with Gasteiger partial charge in [-0.1, -0.05) is 17.7 Å². The molecule has 2 rings (SSSR count). The van der Waals surface area contributed by atoms with E-state index >= 15 is 0 Å². The zero-order chi connectivity index (χ0) is 16.7. The van der Waals surface area contributed by atoms with Crippen LogP contribution in [-0.2, 0) is 4.74 Å². The molecule has 2 aromatic carbocycles. The van der Waals surface area contributed by atoms with Gasteiger partial charge in [0.1, 0.15) is 0 Å². The van der Waals surface area contributed by atoms with Gasteiger partial charge in [0, 0.05) is 22.8 Å². The van der Waals surface area contributed by atoms with Crippen molar-refractivity contribution in [1.29, 1.82) is 0 Å². The second-order valence-electron chi connectivity index (χ2n) is 4.99. The van der Waals surface area contributed by atoms with Crippen molar-refractivity contribution in [3.63, 3.8) is 0 Å². The van der Waals surface area contributed by atoms with E-state index in [-0.39, 0.29) is 5.91 Å². The van der Waals surface area contributed by atoms with Crippen LogP contribution in [0.15, 0.2) is 53.4 Å². The molecule has 0 atom stereocenters. The van der Waals surface area contributed by atoms with Crippen LogP contribution in [0.25, 0.3) is 0 Å². The molecule has 1 N–H and O–H groups in total. The quantitative estimate of drug-likeness (QED) is 0.502. The number of carbonyl (C=O) groups excluding carboxylic acids is 2. The molecule has 0 aromatic heterocycles. The Hall–Kier alpha value is -2.27. The molecule has 23 heavy (non-hydrogen) atoms. The predicted molar refractivity (Wildman–Crippen MR) is 92.0 cm³/mol. The van der Waals surface area contributed by atoms with E-state index in [0.717, 1.165) is 5.75 Å². The Bertz CT molecular complexity index is 666. The minimum Gasteiger partial charge on any atom is -0.465 e. The van der Waals surface area contributed by atoms with Crippen molar-refractivity contribution in [3.05, 3.63) is 65.2 Å². The minimum absolute atomic E-state index is 0.147. The summed E-state index contributed by atoms with van der Waals surface area (Å²) in [6, 6.07) is 14.7. The Kier molecular flexibility index (Phi) is 6.23. The molecule has 0 unspecified atom stereocenters. The van der Waals surface area contributed by atoms with Crippen molar-refractivity contribution in [2.75, 3.05) is 19.4 Å². The molecule has 0 aliphatic heterocycles. The van der Waals surface area contributed by atoms with Gasteiger partial charge in [-0.15, -0.1) is 11.8 Å². The fourth-order valence-electron chi connectivity index (χ4n) is 1.95. The smallest absolute Gasteiger partial charge is 0.337 e. The highest BCUT2D eigenvalue weighted by Gasteiger charge is 2.08. The average molecular weight is 329 g/mol. The van der Waals surface area contributed by atoms with E-state index in [1.54, 1.807) is 36.0 Å². The molecule has 0 heterocycles. The molecule has 0 spiro atoms. The molecule has 1 amide bonds. The number of nitrogens with one attached hydrogen (secondary N) is 1. The van der Waals surface area contributed by atoms with Crippen LogP contribution in [0.1, 0.15) is 26.3 Å². The molecule has 0 bridgehead atoms. The fourth-order valence-corrected chi connectivity index (χ4v) is 2.71. The Morgan fingerprint density at radius 2 is 1.61 bits per heavy atom. The number of benzene rings is 2. The van der Waals surface area contributed by atoms with Gasteiger partial charge in [0.2, 0.25) is 0 Å². The van der Waals surface area contributed by atoms with Gasteiger partial charge in [-0.25, -0.2) is 4.79 Å². The lowest BCUT2D eigenvalue weighted by atomic mass is 10.1. The molecule has 120 valence electrons. The van der Waals surface area contributed by atoms with Gasteiger partial charge in [-0.2, -0.15) is 0 Å². The molecule has 0 fully saturated rings. The summed E-state index contributed by atoms with van der Waals surface area (Å²) in [5, 5.41) is 2.87. The highest BCUT2D eigenvalue weighted by Crippen LogP contribution is 2.17. The number of thioether (sulfide) groups is 1. The van der Waals surface area contributed by atoms with Gasteiger partial charge in [0.05, 0.1) is 12.7 Å². The Balaban J connectivity index is 1.78. The van der Waals surface area contributed by atoms with Gasteiger partial charge in [0.15, 0.2) is 0 Å². The van der Waals surface area contributed by atoms with Gasteiger partial charge in [-0.05, 0) is 43.3 Å². The summed E-state index contributed by atoms with van der Waals surface area (Å²) in [6.45, 7) is 2.64. The second-order valence-corrected chi connectivity index (χ2v) is 6.15. The molecule has 0 saturated heterocycles. The molecule has 0 radical (unpaired) electrons. The van der Waals surface area contributed by atoms with Crippen LogP contribution in [0, 0.1) is 6.92 Å². The first-order chi connectivity index (χ1) is 11.1. The third-order valence-electron chi connectivity index (χ3n) is 3.25. The van der Waals surface area contributed by atoms with Gasteiger partial charge in [-0.3, -0.25) is 4.79 Å². The maximum absolute atomic E-state index is 12.0. The standard InChI is InChI=1S/C18H19NO3S/c1-13-3-9-16(10-4-13)23-12-11-19-17(20)14-5-7-15(8-6-14)18(21)22-2/h3-10H,11-12H2,1-2H3,(H,19,20). The Morgan fingerprint density at radius 1 is 1.00 bits per heavy atom. The highest BCUT2D eigenvalue weighted by molar-refractivity contribution is 7.99.